The highest BCUT2D eigenvalue weighted by Crippen LogP contribution is 2.37. The topological polar surface area (TPSA) is 121 Å². The minimum atomic E-state index is -1.19. The van der Waals surface area contributed by atoms with E-state index in [1.54, 1.807) is 6.92 Å². The molecule has 21 heavy (non-hydrogen) atoms. The molecule has 114 valence electrons. The number of nitrogens with one attached hydrogen (secondary N) is 2. The molecule has 1 atom stereocenters. The molecule has 1 aliphatic carbocycles. The Morgan fingerprint density at radius 1 is 1.52 bits per heavy atom. The third-order valence-corrected chi connectivity index (χ3v) is 3.32. The van der Waals surface area contributed by atoms with Gasteiger partial charge in [0.05, 0.1) is 12.2 Å². The van der Waals surface area contributed by atoms with Gasteiger partial charge >= 0.3 is 5.97 Å². The SMILES string of the molecule is COC(CNC(=O)c1c(C)nc(C2CC2)[nH]c1=O)C(=O)O. The molecule has 0 saturated heterocycles. The summed E-state index contributed by atoms with van der Waals surface area (Å²) in [7, 11) is 1.23. The third kappa shape index (κ3) is 3.46. The fourth-order valence-corrected chi connectivity index (χ4v) is 1.97. The summed E-state index contributed by atoms with van der Waals surface area (Å²) < 4.78 is 4.70. The van der Waals surface area contributed by atoms with Crippen molar-refractivity contribution in [3.63, 3.8) is 0 Å². The van der Waals surface area contributed by atoms with Gasteiger partial charge in [-0.05, 0) is 19.8 Å². The van der Waals surface area contributed by atoms with Crippen molar-refractivity contribution in [2.45, 2.75) is 31.8 Å². The molecular weight excluding hydrogens is 278 g/mol. The fraction of sp³-hybridized carbons (Fsp3) is 0.538. The lowest BCUT2D eigenvalue weighted by molar-refractivity contribution is -0.148. The number of aliphatic carboxylic acids is 1. The number of H-pyrrole nitrogens is 1. The van der Waals surface area contributed by atoms with E-state index in [2.05, 4.69) is 15.3 Å². The Bertz CT molecular complexity index is 621. The van der Waals surface area contributed by atoms with E-state index in [1.165, 1.54) is 7.11 Å². The summed E-state index contributed by atoms with van der Waals surface area (Å²) in [4.78, 5) is 41.6. The molecular formula is C13H17N3O5. The van der Waals surface area contributed by atoms with Gasteiger partial charge in [-0.3, -0.25) is 9.59 Å². The zero-order valence-electron chi connectivity index (χ0n) is 11.8. The summed E-state index contributed by atoms with van der Waals surface area (Å²) in [5.74, 6) is -0.967. The minimum Gasteiger partial charge on any atom is -0.479 e. The molecule has 0 aromatic carbocycles. The number of amides is 1. The van der Waals surface area contributed by atoms with Gasteiger partial charge < -0.3 is 20.1 Å². The number of methoxy groups -OCH3 is 1. The third-order valence-electron chi connectivity index (χ3n) is 3.32. The van der Waals surface area contributed by atoms with Crippen LogP contribution >= 0.6 is 0 Å². The lowest BCUT2D eigenvalue weighted by Gasteiger charge is -2.12. The highest BCUT2D eigenvalue weighted by Gasteiger charge is 2.28. The first-order valence-corrected chi connectivity index (χ1v) is 6.58. The van der Waals surface area contributed by atoms with Crippen LogP contribution in [0.15, 0.2) is 4.79 Å². The van der Waals surface area contributed by atoms with Crippen molar-refractivity contribution in [2.24, 2.45) is 0 Å². The van der Waals surface area contributed by atoms with Gasteiger partial charge in [0.15, 0.2) is 6.10 Å². The molecule has 8 nitrogen and oxygen atoms in total. The predicted octanol–water partition coefficient (Wildman–Crippen LogP) is -0.215. The average Bonchev–Trinajstić information content (AvgIpc) is 3.22. The van der Waals surface area contributed by atoms with E-state index in [1.807, 2.05) is 0 Å². The number of carboxylic acids is 1. The molecule has 1 saturated carbocycles. The van der Waals surface area contributed by atoms with Crippen molar-refractivity contribution < 1.29 is 19.4 Å². The average molecular weight is 295 g/mol. The van der Waals surface area contributed by atoms with E-state index < -0.39 is 23.5 Å². The van der Waals surface area contributed by atoms with Crippen LogP contribution < -0.4 is 10.9 Å². The van der Waals surface area contributed by atoms with Crippen molar-refractivity contribution in [3.05, 3.63) is 27.4 Å². The van der Waals surface area contributed by atoms with E-state index in [9.17, 15) is 14.4 Å². The fourth-order valence-electron chi connectivity index (χ4n) is 1.97. The second kappa shape index (κ2) is 6.04. The Morgan fingerprint density at radius 2 is 2.19 bits per heavy atom. The van der Waals surface area contributed by atoms with Crippen molar-refractivity contribution in [1.82, 2.24) is 15.3 Å². The monoisotopic (exact) mass is 295 g/mol. The molecule has 1 fully saturated rings. The molecule has 1 unspecified atom stereocenters. The maximum Gasteiger partial charge on any atom is 0.334 e. The molecule has 8 heteroatoms. The zero-order valence-corrected chi connectivity index (χ0v) is 11.8. The van der Waals surface area contributed by atoms with Crippen LogP contribution in [0.5, 0.6) is 0 Å². The predicted molar refractivity (Wildman–Crippen MR) is 72.3 cm³/mol. The van der Waals surface area contributed by atoms with Gasteiger partial charge in [0, 0.05) is 13.0 Å². The molecule has 0 spiro atoms. The maximum absolute atomic E-state index is 12.0. The largest absolute Gasteiger partial charge is 0.479 e. The maximum atomic E-state index is 12.0. The summed E-state index contributed by atoms with van der Waals surface area (Å²) in [6, 6.07) is 0. The number of hydrogen-bond donors (Lipinski definition) is 3. The number of aryl methyl sites for hydroxylation is 1. The van der Waals surface area contributed by atoms with Gasteiger partial charge in [-0.1, -0.05) is 0 Å². The van der Waals surface area contributed by atoms with Gasteiger partial charge in [0.2, 0.25) is 0 Å². The van der Waals surface area contributed by atoms with E-state index in [-0.39, 0.29) is 18.0 Å². The summed E-state index contributed by atoms with van der Waals surface area (Å²) in [5, 5.41) is 11.2. The van der Waals surface area contributed by atoms with Crippen molar-refractivity contribution >= 4 is 11.9 Å². The highest BCUT2D eigenvalue weighted by atomic mass is 16.5. The molecule has 0 bridgehead atoms. The van der Waals surface area contributed by atoms with E-state index >= 15 is 0 Å². The van der Waals surface area contributed by atoms with Crippen LogP contribution in [0.3, 0.4) is 0 Å². The van der Waals surface area contributed by atoms with Gasteiger partial charge in [-0.2, -0.15) is 0 Å². The standard InChI is InChI=1S/C13H17N3O5/c1-6-9(11(17)14-5-8(21-2)13(19)20)12(18)16-10(15-6)7-3-4-7/h7-8H,3-5H2,1-2H3,(H,14,17)(H,19,20)(H,15,16,18). The van der Waals surface area contributed by atoms with Crippen molar-refractivity contribution in [3.8, 4) is 0 Å². The van der Waals surface area contributed by atoms with Crippen LogP contribution in [0.2, 0.25) is 0 Å². The molecule has 3 N–H and O–H groups in total. The van der Waals surface area contributed by atoms with Crippen molar-refractivity contribution in [2.75, 3.05) is 13.7 Å². The number of aromatic amines is 1. The van der Waals surface area contributed by atoms with Gasteiger partial charge in [0.1, 0.15) is 11.4 Å². The summed E-state index contributed by atoms with van der Waals surface area (Å²) in [6.45, 7) is 1.36. The van der Waals surface area contributed by atoms with Crippen LogP contribution in [0.1, 0.15) is 40.6 Å². The smallest absolute Gasteiger partial charge is 0.334 e. The Kier molecular flexibility index (Phi) is 4.37. The van der Waals surface area contributed by atoms with E-state index in [4.69, 9.17) is 9.84 Å². The minimum absolute atomic E-state index is 0.0976. The molecule has 0 aliphatic heterocycles. The normalized spacial score (nSPS) is 15.5. The van der Waals surface area contributed by atoms with Crippen LogP contribution in [0.4, 0.5) is 0 Å². The zero-order chi connectivity index (χ0) is 15.6. The van der Waals surface area contributed by atoms with Crippen molar-refractivity contribution in [1.29, 1.82) is 0 Å². The highest BCUT2D eigenvalue weighted by molar-refractivity contribution is 5.95. The van der Waals surface area contributed by atoms with Gasteiger partial charge in [0.25, 0.3) is 11.5 Å². The van der Waals surface area contributed by atoms with Gasteiger partial charge in [-0.15, -0.1) is 0 Å². The van der Waals surface area contributed by atoms with Crippen LogP contribution in [-0.2, 0) is 9.53 Å². The number of carbonyl (C=O) groups excluding carboxylic acids is 1. The second-order valence-electron chi connectivity index (χ2n) is 4.96. The Morgan fingerprint density at radius 3 is 2.67 bits per heavy atom. The molecule has 1 amide bonds. The van der Waals surface area contributed by atoms with Crippen LogP contribution in [0.25, 0.3) is 0 Å². The molecule has 0 radical (unpaired) electrons. The quantitative estimate of drug-likeness (QED) is 0.667. The van der Waals surface area contributed by atoms with Crippen LogP contribution in [0, 0.1) is 6.92 Å². The molecule has 1 heterocycles. The number of aromatic nitrogens is 2. The summed E-state index contributed by atoms with van der Waals surface area (Å²) in [5.41, 5.74) is -0.270. The first kappa shape index (κ1) is 15.2. The lowest BCUT2D eigenvalue weighted by atomic mass is 10.2. The van der Waals surface area contributed by atoms with E-state index in [0.717, 1.165) is 12.8 Å². The molecule has 1 aromatic heterocycles. The first-order valence-electron chi connectivity index (χ1n) is 6.58. The number of rotatable bonds is 6. The Hall–Kier alpha value is -2.22. The molecule has 1 aliphatic rings. The molecule has 2 rings (SSSR count). The van der Waals surface area contributed by atoms with Gasteiger partial charge in [-0.25, -0.2) is 9.78 Å². The lowest BCUT2D eigenvalue weighted by Crippen LogP contribution is -2.40. The number of ether oxygens (including phenoxy) is 1. The number of hydrogen-bond acceptors (Lipinski definition) is 5. The second-order valence-corrected chi connectivity index (χ2v) is 4.96. The summed E-state index contributed by atoms with van der Waals surface area (Å²) in [6.07, 6.45) is 0.816. The molecule has 1 aromatic rings. The number of carboxylic acid groups (broad SMARTS) is 1. The number of carbonyl (C=O) groups is 2. The first-order chi connectivity index (χ1) is 9.93. The Balaban J connectivity index is 2.12. The van der Waals surface area contributed by atoms with E-state index in [0.29, 0.717) is 11.5 Å². The number of nitrogens with zero attached hydrogens (tertiary/aromatic N) is 1. The van der Waals surface area contributed by atoms with Crippen LogP contribution in [-0.4, -0.2) is 46.7 Å². The Labute approximate surface area is 120 Å². The summed E-state index contributed by atoms with van der Waals surface area (Å²) >= 11 is 0.